The average molecular weight is 313 g/mol. The Morgan fingerprint density at radius 3 is 2.30 bits per heavy atom. The molecule has 0 unspecified atom stereocenters. The van der Waals surface area contributed by atoms with Crippen molar-refractivity contribution < 1.29 is 4.79 Å². The smallest absolute Gasteiger partial charge is 0.254 e. The number of para-hydroxylation sites is 1. The van der Waals surface area contributed by atoms with Crippen LogP contribution in [0.2, 0.25) is 0 Å². The van der Waals surface area contributed by atoms with Gasteiger partial charge in [0.1, 0.15) is 0 Å². The Hall–Kier alpha value is -2.47. The first-order valence-electron chi connectivity index (χ1n) is 7.55. The van der Waals surface area contributed by atoms with E-state index >= 15 is 0 Å². The highest BCUT2D eigenvalue weighted by Crippen LogP contribution is 2.22. The lowest BCUT2D eigenvalue weighted by Gasteiger charge is -2.12. The van der Waals surface area contributed by atoms with Crippen molar-refractivity contribution in [1.82, 2.24) is 20.2 Å². The van der Waals surface area contributed by atoms with Crippen LogP contribution in [0.25, 0.3) is 0 Å². The highest BCUT2D eigenvalue weighted by atomic mass is 16.1. The van der Waals surface area contributed by atoms with E-state index in [-0.39, 0.29) is 5.91 Å². The van der Waals surface area contributed by atoms with Crippen LogP contribution in [0, 0.1) is 13.8 Å². The number of aromatic nitrogens is 2. The quantitative estimate of drug-likeness (QED) is 0.855. The molecule has 0 aliphatic heterocycles. The highest BCUT2D eigenvalue weighted by molar-refractivity contribution is 5.93. The first-order chi connectivity index (χ1) is 11.0. The first-order valence-corrected chi connectivity index (χ1v) is 7.55. The van der Waals surface area contributed by atoms with Crippen LogP contribution in [-0.2, 0) is 0 Å². The number of anilines is 2. The predicted octanol–water partition coefficient (Wildman–Crippen LogP) is 2.13. The molecular formula is C17H23N5O. The Bertz CT molecular complexity index is 647. The van der Waals surface area contributed by atoms with E-state index in [4.69, 9.17) is 0 Å². The van der Waals surface area contributed by atoms with E-state index in [1.165, 1.54) is 12.4 Å². The van der Waals surface area contributed by atoms with E-state index < -0.39 is 0 Å². The summed E-state index contributed by atoms with van der Waals surface area (Å²) in [6.45, 7) is 5.44. The molecule has 1 aromatic heterocycles. The van der Waals surface area contributed by atoms with Gasteiger partial charge in [-0.05, 0) is 39.1 Å². The van der Waals surface area contributed by atoms with Crippen LogP contribution in [-0.4, -0.2) is 48.0 Å². The average Bonchev–Trinajstić information content (AvgIpc) is 2.51. The van der Waals surface area contributed by atoms with Gasteiger partial charge in [0, 0.05) is 31.2 Å². The number of rotatable bonds is 6. The van der Waals surface area contributed by atoms with Crippen LogP contribution in [0.5, 0.6) is 0 Å². The van der Waals surface area contributed by atoms with E-state index in [1.807, 2.05) is 51.0 Å². The molecule has 6 heteroatoms. The Kier molecular flexibility index (Phi) is 5.65. The molecule has 0 spiro atoms. The molecular weight excluding hydrogens is 290 g/mol. The lowest BCUT2D eigenvalue weighted by Crippen LogP contribution is -2.31. The molecule has 0 fully saturated rings. The van der Waals surface area contributed by atoms with Crippen molar-refractivity contribution in [1.29, 1.82) is 0 Å². The monoisotopic (exact) mass is 313 g/mol. The van der Waals surface area contributed by atoms with Crippen molar-refractivity contribution in [3.63, 3.8) is 0 Å². The molecule has 2 rings (SSSR count). The molecule has 1 heterocycles. The number of aryl methyl sites for hydroxylation is 2. The largest absolute Gasteiger partial charge is 0.351 e. The van der Waals surface area contributed by atoms with Gasteiger partial charge in [0.2, 0.25) is 5.95 Å². The summed E-state index contributed by atoms with van der Waals surface area (Å²) >= 11 is 0. The summed E-state index contributed by atoms with van der Waals surface area (Å²) < 4.78 is 0. The van der Waals surface area contributed by atoms with Crippen LogP contribution < -0.4 is 10.6 Å². The number of hydrogen-bond donors (Lipinski definition) is 2. The summed E-state index contributed by atoms with van der Waals surface area (Å²) in [5.74, 6) is 0.317. The maximum atomic E-state index is 12.0. The summed E-state index contributed by atoms with van der Waals surface area (Å²) in [5, 5.41) is 6.04. The Morgan fingerprint density at radius 1 is 1.13 bits per heavy atom. The van der Waals surface area contributed by atoms with Gasteiger partial charge in [-0.2, -0.15) is 0 Å². The van der Waals surface area contributed by atoms with Gasteiger partial charge < -0.3 is 15.5 Å². The maximum absolute atomic E-state index is 12.0. The minimum atomic E-state index is -0.162. The lowest BCUT2D eigenvalue weighted by atomic mass is 10.1. The van der Waals surface area contributed by atoms with Gasteiger partial charge in [0.05, 0.1) is 5.56 Å². The number of carbonyl (C=O) groups is 1. The summed E-state index contributed by atoms with van der Waals surface area (Å²) in [5.41, 5.74) is 3.70. The number of benzene rings is 1. The van der Waals surface area contributed by atoms with Crippen LogP contribution >= 0.6 is 0 Å². The fourth-order valence-electron chi connectivity index (χ4n) is 2.13. The van der Waals surface area contributed by atoms with Crippen LogP contribution in [0.3, 0.4) is 0 Å². The SMILES string of the molecule is Cc1cccc(C)c1Nc1ncc(C(=O)NCCN(C)C)cn1. The minimum Gasteiger partial charge on any atom is -0.351 e. The van der Waals surface area contributed by atoms with E-state index in [0.717, 1.165) is 23.4 Å². The van der Waals surface area contributed by atoms with Crippen molar-refractivity contribution in [3.8, 4) is 0 Å². The molecule has 0 atom stereocenters. The van der Waals surface area contributed by atoms with E-state index in [2.05, 4.69) is 20.6 Å². The molecule has 0 saturated heterocycles. The second kappa shape index (κ2) is 7.69. The van der Waals surface area contributed by atoms with Crippen molar-refractivity contribution in [2.24, 2.45) is 0 Å². The first kappa shape index (κ1) is 16.9. The zero-order valence-electron chi connectivity index (χ0n) is 14.1. The number of hydrogen-bond acceptors (Lipinski definition) is 5. The van der Waals surface area contributed by atoms with E-state index in [0.29, 0.717) is 18.1 Å². The van der Waals surface area contributed by atoms with Gasteiger partial charge in [0.15, 0.2) is 0 Å². The molecule has 23 heavy (non-hydrogen) atoms. The third-order valence-electron chi connectivity index (χ3n) is 3.48. The minimum absolute atomic E-state index is 0.162. The second-order valence-electron chi connectivity index (χ2n) is 5.75. The van der Waals surface area contributed by atoms with Crippen LogP contribution in [0.1, 0.15) is 21.5 Å². The van der Waals surface area contributed by atoms with E-state index in [1.54, 1.807) is 0 Å². The molecule has 0 aliphatic carbocycles. The Morgan fingerprint density at radius 2 is 1.74 bits per heavy atom. The fraction of sp³-hybridized carbons (Fsp3) is 0.353. The van der Waals surface area contributed by atoms with Gasteiger partial charge in [-0.25, -0.2) is 9.97 Å². The molecule has 2 N–H and O–H groups in total. The molecule has 6 nitrogen and oxygen atoms in total. The van der Waals surface area contributed by atoms with Crippen molar-refractivity contribution in [3.05, 3.63) is 47.3 Å². The number of amides is 1. The van der Waals surface area contributed by atoms with Gasteiger partial charge in [-0.1, -0.05) is 18.2 Å². The lowest BCUT2D eigenvalue weighted by molar-refractivity contribution is 0.0950. The molecule has 0 saturated carbocycles. The Labute approximate surface area is 137 Å². The number of carbonyl (C=O) groups excluding carboxylic acids is 1. The van der Waals surface area contributed by atoms with E-state index in [9.17, 15) is 4.79 Å². The Balaban J connectivity index is 2.01. The number of nitrogens with zero attached hydrogens (tertiary/aromatic N) is 3. The maximum Gasteiger partial charge on any atom is 0.254 e. The second-order valence-corrected chi connectivity index (χ2v) is 5.75. The van der Waals surface area contributed by atoms with Gasteiger partial charge in [-0.15, -0.1) is 0 Å². The standard InChI is InChI=1S/C17H23N5O/c1-12-6-5-7-13(2)15(12)21-17-19-10-14(11-20-17)16(23)18-8-9-22(3)4/h5-7,10-11H,8-9H2,1-4H3,(H,18,23)(H,19,20,21). The fourth-order valence-corrected chi connectivity index (χ4v) is 2.13. The molecule has 122 valence electrons. The van der Waals surface area contributed by atoms with Crippen molar-refractivity contribution in [2.45, 2.75) is 13.8 Å². The van der Waals surface area contributed by atoms with Gasteiger partial charge in [-0.3, -0.25) is 4.79 Å². The van der Waals surface area contributed by atoms with Gasteiger partial charge >= 0.3 is 0 Å². The molecule has 0 radical (unpaired) electrons. The summed E-state index contributed by atoms with van der Waals surface area (Å²) in [6, 6.07) is 6.07. The summed E-state index contributed by atoms with van der Waals surface area (Å²) in [4.78, 5) is 22.4. The molecule has 0 bridgehead atoms. The summed E-state index contributed by atoms with van der Waals surface area (Å²) in [6.07, 6.45) is 3.07. The zero-order chi connectivity index (χ0) is 16.8. The third-order valence-corrected chi connectivity index (χ3v) is 3.48. The van der Waals surface area contributed by atoms with Crippen molar-refractivity contribution >= 4 is 17.5 Å². The topological polar surface area (TPSA) is 70.2 Å². The summed E-state index contributed by atoms with van der Waals surface area (Å²) in [7, 11) is 3.92. The van der Waals surface area contributed by atoms with Gasteiger partial charge in [0.25, 0.3) is 5.91 Å². The van der Waals surface area contributed by atoms with Crippen LogP contribution in [0.15, 0.2) is 30.6 Å². The van der Waals surface area contributed by atoms with Crippen LogP contribution in [0.4, 0.5) is 11.6 Å². The highest BCUT2D eigenvalue weighted by Gasteiger charge is 2.08. The normalized spacial score (nSPS) is 10.7. The molecule has 1 amide bonds. The van der Waals surface area contributed by atoms with Crippen molar-refractivity contribution in [2.75, 3.05) is 32.5 Å². The number of nitrogens with one attached hydrogen (secondary N) is 2. The molecule has 1 aromatic carbocycles. The predicted molar refractivity (Wildman–Crippen MR) is 92.1 cm³/mol. The third kappa shape index (κ3) is 4.75. The molecule has 0 aliphatic rings. The zero-order valence-corrected chi connectivity index (χ0v) is 14.1. The molecule has 2 aromatic rings. The number of likely N-dealkylation sites (N-methyl/N-ethyl adjacent to an activating group) is 1.